The van der Waals surface area contributed by atoms with Crippen molar-refractivity contribution in [2.75, 3.05) is 25.1 Å². The Bertz CT molecular complexity index is 1270. The predicted molar refractivity (Wildman–Crippen MR) is 139 cm³/mol. The lowest BCUT2D eigenvalue weighted by Crippen LogP contribution is -2.36. The Hall–Kier alpha value is -3.56. The van der Waals surface area contributed by atoms with E-state index in [0.717, 1.165) is 22.4 Å². The van der Waals surface area contributed by atoms with Crippen LogP contribution in [0.3, 0.4) is 0 Å². The summed E-state index contributed by atoms with van der Waals surface area (Å²) in [7, 11) is 0. The maximum absolute atomic E-state index is 12.9. The zero-order valence-electron chi connectivity index (χ0n) is 18.5. The summed E-state index contributed by atoms with van der Waals surface area (Å²) in [6, 6.07) is 23.7. The van der Waals surface area contributed by atoms with E-state index in [0.29, 0.717) is 34.7 Å². The molecule has 3 aromatic rings. The molecule has 178 valence electrons. The summed E-state index contributed by atoms with van der Waals surface area (Å²) in [5.41, 5.74) is 1.21. The van der Waals surface area contributed by atoms with Gasteiger partial charge in [-0.3, -0.25) is 19.3 Å². The van der Waals surface area contributed by atoms with Crippen molar-refractivity contribution in [2.24, 2.45) is 0 Å². The highest BCUT2D eigenvalue weighted by Crippen LogP contribution is 2.34. The Morgan fingerprint density at radius 1 is 0.914 bits per heavy atom. The fourth-order valence-electron chi connectivity index (χ4n) is 3.23. The highest BCUT2D eigenvalue weighted by molar-refractivity contribution is 9.10. The zero-order valence-corrected chi connectivity index (χ0v) is 20.9. The second-order valence-electron chi connectivity index (χ2n) is 7.34. The number of halogens is 1. The van der Waals surface area contributed by atoms with Crippen LogP contribution >= 0.6 is 27.7 Å². The van der Waals surface area contributed by atoms with Crippen molar-refractivity contribution in [3.05, 3.63) is 93.8 Å². The van der Waals surface area contributed by atoms with Crippen LogP contribution in [0.5, 0.6) is 11.5 Å². The fraction of sp³-hybridized carbons (Fsp3) is 0.115. The first-order valence-corrected chi connectivity index (χ1v) is 12.3. The second-order valence-corrected chi connectivity index (χ2v) is 9.19. The van der Waals surface area contributed by atoms with Crippen LogP contribution in [0.15, 0.2) is 88.2 Å². The molecule has 3 amide bonds. The van der Waals surface area contributed by atoms with Crippen LogP contribution in [0.1, 0.15) is 5.56 Å². The van der Waals surface area contributed by atoms with Crippen molar-refractivity contribution < 1.29 is 23.9 Å². The predicted octanol–water partition coefficient (Wildman–Crippen LogP) is 5.58. The number of imide groups is 1. The van der Waals surface area contributed by atoms with Crippen molar-refractivity contribution in [1.29, 1.82) is 0 Å². The number of hydrogen-bond acceptors (Lipinski definition) is 6. The molecule has 0 spiro atoms. The number of anilines is 1. The van der Waals surface area contributed by atoms with E-state index in [2.05, 4.69) is 21.2 Å². The Morgan fingerprint density at radius 2 is 1.60 bits per heavy atom. The van der Waals surface area contributed by atoms with Gasteiger partial charge in [0.25, 0.3) is 11.1 Å². The molecule has 0 unspecified atom stereocenters. The fourth-order valence-corrected chi connectivity index (χ4v) is 4.45. The molecular weight excluding hydrogens is 532 g/mol. The summed E-state index contributed by atoms with van der Waals surface area (Å²) in [4.78, 5) is 38.9. The first-order chi connectivity index (χ1) is 17.0. The van der Waals surface area contributed by atoms with Crippen LogP contribution in [0.4, 0.5) is 10.5 Å². The summed E-state index contributed by atoms with van der Waals surface area (Å²) in [6.45, 7) is 0.274. The SMILES string of the molecule is O=C(CN1C(=O)S/C(=C/c2ccccc2OCCOc2ccccc2)C1=O)Nc1ccccc1Br. The van der Waals surface area contributed by atoms with Gasteiger partial charge in [0.2, 0.25) is 5.91 Å². The molecular formula is C26H21BrN2O5S. The van der Waals surface area contributed by atoms with Gasteiger partial charge in [-0.1, -0.05) is 48.5 Å². The van der Waals surface area contributed by atoms with Crippen molar-refractivity contribution in [3.8, 4) is 11.5 Å². The number of carbonyl (C=O) groups excluding carboxylic acids is 3. The number of nitrogens with one attached hydrogen (secondary N) is 1. The van der Waals surface area contributed by atoms with Gasteiger partial charge in [-0.15, -0.1) is 0 Å². The topological polar surface area (TPSA) is 84.9 Å². The van der Waals surface area contributed by atoms with Gasteiger partial charge in [-0.2, -0.15) is 0 Å². The van der Waals surface area contributed by atoms with Crippen LogP contribution in [0.25, 0.3) is 6.08 Å². The number of para-hydroxylation sites is 3. The molecule has 0 aromatic heterocycles. The lowest BCUT2D eigenvalue weighted by atomic mass is 10.2. The Morgan fingerprint density at radius 3 is 2.40 bits per heavy atom. The van der Waals surface area contributed by atoms with Crippen molar-refractivity contribution >= 4 is 56.5 Å². The molecule has 0 saturated carbocycles. The molecule has 7 nitrogen and oxygen atoms in total. The average molecular weight is 553 g/mol. The summed E-state index contributed by atoms with van der Waals surface area (Å²) in [6.07, 6.45) is 1.60. The second kappa shape index (κ2) is 11.7. The van der Waals surface area contributed by atoms with Gasteiger partial charge in [0.1, 0.15) is 31.3 Å². The molecule has 9 heteroatoms. The summed E-state index contributed by atoms with van der Waals surface area (Å²) in [5.74, 6) is 0.316. The molecule has 3 aromatic carbocycles. The lowest BCUT2D eigenvalue weighted by Gasteiger charge is -2.13. The molecule has 1 aliphatic rings. The van der Waals surface area contributed by atoms with E-state index in [1.165, 1.54) is 0 Å². The number of nitrogens with zero attached hydrogens (tertiary/aromatic N) is 1. The molecule has 0 atom stereocenters. The minimum Gasteiger partial charge on any atom is -0.490 e. The molecule has 0 aliphatic carbocycles. The number of benzene rings is 3. The molecule has 4 rings (SSSR count). The molecule has 1 heterocycles. The van der Waals surface area contributed by atoms with Gasteiger partial charge < -0.3 is 14.8 Å². The summed E-state index contributed by atoms with van der Waals surface area (Å²) in [5, 5.41) is 2.20. The Labute approximate surface area is 215 Å². The summed E-state index contributed by atoms with van der Waals surface area (Å²) < 4.78 is 12.2. The molecule has 0 radical (unpaired) electrons. The molecule has 1 fully saturated rings. The van der Waals surface area contributed by atoms with E-state index in [1.54, 1.807) is 36.4 Å². The maximum atomic E-state index is 12.9. The van der Waals surface area contributed by atoms with Crippen molar-refractivity contribution in [2.45, 2.75) is 0 Å². The zero-order chi connectivity index (χ0) is 24.6. The van der Waals surface area contributed by atoms with E-state index < -0.39 is 17.1 Å². The molecule has 0 bridgehead atoms. The number of thioether (sulfide) groups is 1. The summed E-state index contributed by atoms with van der Waals surface area (Å²) >= 11 is 4.15. The minimum atomic E-state index is -0.524. The normalized spacial score (nSPS) is 14.3. The average Bonchev–Trinajstić information content (AvgIpc) is 3.12. The van der Waals surface area contributed by atoms with Crippen LogP contribution in [-0.4, -0.2) is 41.7 Å². The number of hydrogen-bond donors (Lipinski definition) is 1. The van der Waals surface area contributed by atoms with E-state index in [-0.39, 0.29) is 11.4 Å². The first kappa shape index (κ1) is 24.6. The highest BCUT2D eigenvalue weighted by Gasteiger charge is 2.36. The Balaban J connectivity index is 1.38. The standard InChI is InChI=1S/C26H21BrN2O5S/c27-20-11-5-6-12-21(20)28-24(30)17-29-25(31)23(35-26(29)32)16-18-8-4-7-13-22(18)34-15-14-33-19-9-2-1-3-10-19/h1-13,16H,14-15,17H2,(H,28,30)/b23-16+. The van der Waals surface area contributed by atoms with Crippen molar-refractivity contribution in [1.82, 2.24) is 4.90 Å². The van der Waals surface area contributed by atoms with Gasteiger partial charge in [0, 0.05) is 10.0 Å². The van der Waals surface area contributed by atoms with Gasteiger partial charge in [-0.05, 0) is 64.1 Å². The van der Waals surface area contributed by atoms with E-state index in [1.807, 2.05) is 48.5 Å². The number of amides is 3. The first-order valence-electron chi connectivity index (χ1n) is 10.7. The smallest absolute Gasteiger partial charge is 0.294 e. The van der Waals surface area contributed by atoms with Gasteiger partial charge in [-0.25, -0.2) is 0 Å². The van der Waals surface area contributed by atoms with Crippen LogP contribution < -0.4 is 14.8 Å². The lowest BCUT2D eigenvalue weighted by molar-refractivity contribution is -0.127. The molecule has 35 heavy (non-hydrogen) atoms. The van der Waals surface area contributed by atoms with Crippen LogP contribution in [0.2, 0.25) is 0 Å². The van der Waals surface area contributed by atoms with Gasteiger partial charge in [0.05, 0.1) is 10.6 Å². The molecule has 1 aliphatic heterocycles. The van der Waals surface area contributed by atoms with Gasteiger partial charge in [0.15, 0.2) is 0 Å². The molecule has 1 N–H and O–H groups in total. The number of carbonyl (C=O) groups is 3. The highest BCUT2D eigenvalue weighted by atomic mass is 79.9. The van der Waals surface area contributed by atoms with Crippen LogP contribution in [-0.2, 0) is 9.59 Å². The number of rotatable bonds is 9. The third-order valence-corrected chi connectivity index (χ3v) is 6.48. The van der Waals surface area contributed by atoms with Gasteiger partial charge >= 0.3 is 0 Å². The van der Waals surface area contributed by atoms with E-state index >= 15 is 0 Å². The minimum absolute atomic E-state index is 0.222. The van der Waals surface area contributed by atoms with E-state index in [9.17, 15) is 14.4 Å². The quantitative estimate of drug-likeness (QED) is 0.275. The van der Waals surface area contributed by atoms with Crippen LogP contribution in [0, 0.1) is 0 Å². The monoisotopic (exact) mass is 552 g/mol. The maximum Gasteiger partial charge on any atom is 0.294 e. The largest absolute Gasteiger partial charge is 0.490 e. The number of ether oxygens (including phenoxy) is 2. The molecule has 1 saturated heterocycles. The third-order valence-electron chi connectivity index (χ3n) is 4.88. The van der Waals surface area contributed by atoms with E-state index in [4.69, 9.17) is 9.47 Å². The van der Waals surface area contributed by atoms with Crippen molar-refractivity contribution in [3.63, 3.8) is 0 Å². The third kappa shape index (κ3) is 6.52. The Kier molecular flexibility index (Phi) is 8.23.